The minimum Gasteiger partial charge on any atom is -0.507 e. The van der Waals surface area contributed by atoms with E-state index >= 15 is 0 Å². The first-order valence-corrected chi connectivity index (χ1v) is 12.7. The van der Waals surface area contributed by atoms with Gasteiger partial charge in [-0.05, 0) is 49.5 Å². The standard InChI is InChI=1S/C29H32N2O8/c1-17(12-18-6-3-4-9-24(18)33)10-11-25(34)26-19(16-39-2)13-22-27(23(26)15-32)29(36)30(28(22)35)20-7-5-8-21(14-20)31(37)38/h3-9,12,14,22-23,25,27,32-34H,10-11,13,15-16H2,1-2H3/b17-12+/t22-,23+,25-,27-/m1/s1. The fourth-order valence-corrected chi connectivity index (χ4v) is 5.73. The van der Waals surface area contributed by atoms with E-state index in [-0.39, 0.29) is 30.2 Å². The lowest BCUT2D eigenvalue weighted by Gasteiger charge is -2.36. The number of hydrogen-bond acceptors (Lipinski definition) is 8. The number of rotatable bonds is 10. The van der Waals surface area contributed by atoms with Gasteiger partial charge in [-0.3, -0.25) is 19.7 Å². The number of phenols is 1. The van der Waals surface area contributed by atoms with Crippen LogP contribution in [0.25, 0.3) is 6.08 Å². The maximum absolute atomic E-state index is 13.6. The maximum atomic E-state index is 13.6. The van der Waals surface area contributed by atoms with Gasteiger partial charge in [0.1, 0.15) is 5.75 Å². The van der Waals surface area contributed by atoms with Gasteiger partial charge < -0.3 is 20.1 Å². The van der Waals surface area contributed by atoms with E-state index in [2.05, 4.69) is 0 Å². The van der Waals surface area contributed by atoms with Crippen LogP contribution in [0.3, 0.4) is 0 Å². The van der Waals surface area contributed by atoms with Gasteiger partial charge in [-0.2, -0.15) is 0 Å². The number of nitro benzene ring substituents is 1. The first-order valence-electron chi connectivity index (χ1n) is 12.7. The molecule has 206 valence electrons. The van der Waals surface area contributed by atoms with E-state index in [4.69, 9.17) is 4.74 Å². The molecular weight excluding hydrogens is 504 g/mol. The van der Waals surface area contributed by atoms with Gasteiger partial charge in [0.05, 0.1) is 41.8 Å². The predicted molar refractivity (Wildman–Crippen MR) is 144 cm³/mol. The van der Waals surface area contributed by atoms with Crippen LogP contribution >= 0.6 is 0 Å². The Bertz CT molecular complexity index is 1330. The van der Waals surface area contributed by atoms with Gasteiger partial charge in [0.25, 0.3) is 5.69 Å². The molecule has 0 saturated carbocycles. The Labute approximate surface area is 226 Å². The molecule has 0 radical (unpaired) electrons. The molecule has 0 unspecified atom stereocenters. The van der Waals surface area contributed by atoms with Crippen molar-refractivity contribution in [2.24, 2.45) is 17.8 Å². The smallest absolute Gasteiger partial charge is 0.271 e. The molecule has 4 atom stereocenters. The predicted octanol–water partition coefficient (Wildman–Crippen LogP) is 3.61. The van der Waals surface area contributed by atoms with Gasteiger partial charge in [-0.1, -0.05) is 35.9 Å². The number of methoxy groups -OCH3 is 1. The number of nitrogens with zero attached hydrogens (tertiary/aromatic N) is 2. The number of aliphatic hydroxyl groups excluding tert-OH is 2. The highest BCUT2D eigenvalue weighted by Gasteiger charge is 2.55. The summed E-state index contributed by atoms with van der Waals surface area (Å²) in [7, 11) is 1.49. The number of anilines is 1. The number of non-ortho nitro benzene ring substituents is 1. The zero-order valence-electron chi connectivity index (χ0n) is 21.8. The van der Waals surface area contributed by atoms with Crippen molar-refractivity contribution in [3.63, 3.8) is 0 Å². The molecule has 1 heterocycles. The third-order valence-corrected chi connectivity index (χ3v) is 7.51. The SMILES string of the molecule is COCC1=C([C@H](O)CC/C(C)=C/c2ccccc2O)[C@H](CO)[C@@H]2C(=O)N(c3cccc([N+](=O)[O-])c3)C(=O)[C@@H]2C1. The van der Waals surface area contributed by atoms with Crippen molar-refractivity contribution in [3.8, 4) is 5.75 Å². The Morgan fingerprint density at radius 3 is 2.62 bits per heavy atom. The normalized spacial score (nSPS) is 22.3. The van der Waals surface area contributed by atoms with Crippen molar-refractivity contribution in [1.82, 2.24) is 0 Å². The van der Waals surface area contributed by atoms with Crippen LogP contribution in [-0.2, 0) is 14.3 Å². The van der Waals surface area contributed by atoms with Crippen LogP contribution < -0.4 is 4.90 Å². The largest absolute Gasteiger partial charge is 0.507 e. The first-order chi connectivity index (χ1) is 18.7. The van der Waals surface area contributed by atoms with Crippen LogP contribution in [0.5, 0.6) is 5.75 Å². The quantitative estimate of drug-likeness (QED) is 0.180. The summed E-state index contributed by atoms with van der Waals surface area (Å²) < 4.78 is 5.36. The van der Waals surface area contributed by atoms with Crippen molar-refractivity contribution < 1.29 is 34.6 Å². The van der Waals surface area contributed by atoms with E-state index in [0.29, 0.717) is 29.6 Å². The molecule has 0 bridgehead atoms. The van der Waals surface area contributed by atoms with Crippen molar-refractivity contribution in [3.05, 3.63) is 80.9 Å². The van der Waals surface area contributed by atoms with Crippen molar-refractivity contribution >= 4 is 29.3 Å². The third-order valence-electron chi connectivity index (χ3n) is 7.51. The van der Waals surface area contributed by atoms with E-state index in [1.807, 2.05) is 19.1 Å². The molecule has 2 aromatic rings. The minimum atomic E-state index is -1.00. The summed E-state index contributed by atoms with van der Waals surface area (Å²) in [5.74, 6) is -3.40. The van der Waals surface area contributed by atoms with E-state index in [0.717, 1.165) is 10.5 Å². The van der Waals surface area contributed by atoms with Crippen LogP contribution in [0.4, 0.5) is 11.4 Å². The number of benzene rings is 2. The summed E-state index contributed by atoms with van der Waals surface area (Å²) in [6.45, 7) is 1.55. The number of para-hydroxylation sites is 1. The molecule has 1 saturated heterocycles. The van der Waals surface area contributed by atoms with Crippen molar-refractivity contribution in [2.45, 2.75) is 32.3 Å². The summed E-state index contributed by atoms with van der Waals surface area (Å²) in [5.41, 5.74) is 2.60. The fourth-order valence-electron chi connectivity index (χ4n) is 5.73. The summed E-state index contributed by atoms with van der Waals surface area (Å²) in [6, 6.07) is 12.3. The lowest BCUT2D eigenvalue weighted by Crippen LogP contribution is -2.39. The number of imide groups is 1. The number of amides is 2. The second kappa shape index (κ2) is 11.9. The summed E-state index contributed by atoms with van der Waals surface area (Å²) >= 11 is 0. The number of phenolic OH excluding ortho intramolecular Hbond substituents is 1. The van der Waals surface area contributed by atoms with Crippen LogP contribution in [0, 0.1) is 27.9 Å². The molecule has 10 nitrogen and oxygen atoms in total. The highest BCUT2D eigenvalue weighted by molar-refractivity contribution is 6.22. The van der Waals surface area contributed by atoms with Gasteiger partial charge in [-0.25, -0.2) is 4.90 Å². The Kier molecular flexibility index (Phi) is 8.59. The van der Waals surface area contributed by atoms with Gasteiger partial charge >= 0.3 is 0 Å². The second-order valence-corrected chi connectivity index (χ2v) is 10.0. The van der Waals surface area contributed by atoms with E-state index < -0.39 is 47.2 Å². The number of ether oxygens (including phenoxy) is 1. The average Bonchev–Trinajstić information content (AvgIpc) is 3.17. The zero-order chi connectivity index (χ0) is 28.3. The van der Waals surface area contributed by atoms with Crippen LogP contribution in [-0.4, -0.2) is 58.5 Å². The van der Waals surface area contributed by atoms with E-state index in [1.165, 1.54) is 31.4 Å². The lowest BCUT2D eigenvalue weighted by atomic mass is 9.68. The Morgan fingerprint density at radius 1 is 1.21 bits per heavy atom. The molecule has 2 amide bonds. The molecule has 4 rings (SSSR count). The zero-order valence-corrected chi connectivity index (χ0v) is 21.8. The monoisotopic (exact) mass is 536 g/mol. The van der Waals surface area contributed by atoms with Gasteiger partial charge in [-0.15, -0.1) is 0 Å². The second-order valence-electron chi connectivity index (χ2n) is 10.0. The number of allylic oxidation sites excluding steroid dienone is 1. The molecule has 3 N–H and O–H groups in total. The number of aromatic hydroxyl groups is 1. The molecule has 0 aromatic heterocycles. The van der Waals surface area contributed by atoms with Gasteiger partial charge in [0.15, 0.2) is 0 Å². The van der Waals surface area contributed by atoms with Crippen LogP contribution in [0.1, 0.15) is 31.7 Å². The molecular formula is C29H32N2O8. The number of carbonyl (C=O) groups excluding carboxylic acids is 2. The molecule has 1 aliphatic carbocycles. The molecule has 1 fully saturated rings. The van der Waals surface area contributed by atoms with Crippen LogP contribution in [0.2, 0.25) is 0 Å². The summed E-state index contributed by atoms with van der Waals surface area (Å²) in [5, 5.41) is 43.0. The number of hydrogen-bond donors (Lipinski definition) is 3. The number of nitro groups is 1. The summed E-state index contributed by atoms with van der Waals surface area (Å²) in [4.78, 5) is 38.7. The number of aliphatic hydroxyl groups is 2. The van der Waals surface area contributed by atoms with Gasteiger partial charge in [0, 0.05) is 30.7 Å². The molecule has 39 heavy (non-hydrogen) atoms. The third kappa shape index (κ3) is 5.63. The Balaban J connectivity index is 1.61. The van der Waals surface area contributed by atoms with Crippen LogP contribution in [0.15, 0.2) is 65.3 Å². The van der Waals surface area contributed by atoms with E-state index in [9.17, 15) is 35.0 Å². The number of carbonyl (C=O) groups is 2. The van der Waals surface area contributed by atoms with Gasteiger partial charge in [0.2, 0.25) is 11.8 Å². The summed E-state index contributed by atoms with van der Waals surface area (Å²) in [6.07, 6.45) is 1.78. The molecule has 2 aromatic carbocycles. The fraction of sp³-hybridized carbons (Fsp3) is 0.379. The number of fused-ring (bicyclic) bond motifs is 1. The molecule has 2 aliphatic rings. The van der Waals surface area contributed by atoms with E-state index in [1.54, 1.807) is 18.2 Å². The Hall–Kier alpha value is -3.86. The molecule has 10 heteroatoms. The maximum Gasteiger partial charge on any atom is 0.271 e. The molecule has 1 aliphatic heterocycles. The highest BCUT2D eigenvalue weighted by atomic mass is 16.6. The lowest BCUT2D eigenvalue weighted by molar-refractivity contribution is -0.384. The Morgan fingerprint density at radius 2 is 1.95 bits per heavy atom. The molecule has 0 spiro atoms. The minimum absolute atomic E-state index is 0.102. The topological polar surface area (TPSA) is 150 Å². The van der Waals surface area contributed by atoms with Crippen molar-refractivity contribution in [1.29, 1.82) is 0 Å². The van der Waals surface area contributed by atoms with Crippen molar-refractivity contribution in [2.75, 3.05) is 25.2 Å². The first kappa shape index (κ1) is 28.2. The highest BCUT2D eigenvalue weighted by Crippen LogP contribution is 2.47. The average molecular weight is 537 g/mol.